The largest absolute Gasteiger partial charge is 0.422 e. The van der Waals surface area contributed by atoms with Gasteiger partial charge in [0.2, 0.25) is 0 Å². The van der Waals surface area contributed by atoms with Crippen molar-refractivity contribution in [3.63, 3.8) is 0 Å². The van der Waals surface area contributed by atoms with Crippen LogP contribution in [0, 0.1) is 0 Å². The van der Waals surface area contributed by atoms with Crippen LogP contribution in [0.25, 0.3) is 67.9 Å². The summed E-state index contributed by atoms with van der Waals surface area (Å²) in [7, 11) is 0. The molecule has 1 aromatic rings. The Bertz CT molecular complexity index is 3780. The van der Waals surface area contributed by atoms with Crippen molar-refractivity contribution in [3.05, 3.63) is 313 Å². The van der Waals surface area contributed by atoms with Crippen LogP contribution < -0.4 is 33.8 Å². The van der Waals surface area contributed by atoms with Crippen LogP contribution >= 0.6 is 0 Å². The molecule has 0 unspecified atom stereocenters. The van der Waals surface area contributed by atoms with E-state index in [1.54, 1.807) is 200 Å². The van der Waals surface area contributed by atoms with Gasteiger partial charge in [0, 0.05) is 51.1 Å². The highest BCUT2D eigenvalue weighted by Crippen LogP contribution is 2.48. The van der Waals surface area contributed by atoms with Gasteiger partial charge in [0.15, 0.2) is 0 Å². The van der Waals surface area contributed by atoms with E-state index in [1.807, 2.05) is 0 Å². The maximum atomic E-state index is 14.8. The summed E-state index contributed by atoms with van der Waals surface area (Å²) in [6.07, 6.45) is 0. The third-order valence-electron chi connectivity index (χ3n) is 14.0. The van der Waals surface area contributed by atoms with Crippen molar-refractivity contribution in [2.24, 2.45) is 0 Å². The Morgan fingerprint density at radius 2 is 0.373 bits per heavy atom. The van der Waals surface area contributed by atoms with Crippen LogP contribution in [0.2, 0.25) is 0 Å². The van der Waals surface area contributed by atoms with Gasteiger partial charge in [0.05, 0.1) is 33.4 Å². The third kappa shape index (κ3) is 7.37. The molecule has 12 heteroatoms. The third-order valence-corrected chi connectivity index (χ3v) is 14.0. The van der Waals surface area contributed by atoms with Gasteiger partial charge in [-0.2, -0.15) is 0 Å². The fourth-order valence-electron chi connectivity index (χ4n) is 10.9. The highest BCUT2D eigenvalue weighted by molar-refractivity contribution is 5.77. The summed E-state index contributed by atoms with van der Waals surface area (Å²) in [6, 6.07) is 56.8. The first-order valence-electron chi connectivity index (χ1n) is 24.0. The molecule has 6 aliphatic carbocycles. The Kier molecular flexibility index (Phi) is 10.6. The molecule has 0 aromatic heterocycles. The summed E-state index contributed by atoms with van der Waals surface area (Å²) in [5.74, 6) is -2.61. The zero-order valence-electron chi connectivity index (χ0n) is 39.2. The summed E-state index contributed by atoms with van der Waals surface area (Å²) >= 11 is 0. The number of fused-ring (bicyclic) bond motifs is 6. The van der Waals surface area contributed by atoms with Gasteiger partial charge in [-0.15, -0.1) is 0 Å². The first kappa shape index (κ1) is 44.7. The molecule has 0 fully saturated rings. The van der Waals surface area contributed by atoms with Crippen molar-refractivity contribution in [2.75, 3.05) is 0 Å². The average Bonchev–Trinajstić information content (AvgIpc) is 3.91. The van der Waals surface area contributed by atoms with Crippen molar-refractivity contribution in [1.29, 1.82) is 0 Å². The van der Waals surface area contributed by atoms with Crippen molar-refractivity contribution in [1.82, 2.24) is 0 Å². The van der Waals surface area contributed by atoms with E-state index in [0.29, 0.717) is 33.4 Å². The minimum absolute atomic E-state index is 0.0647. The molecule has 0 saturated carbocycles. The lowest BCUT2D eigenvalue weighted by atomic mass is 9.75. The number of furan rings is 6. The second-order valence-corrected chi connectivity index (χ2v) is 18.2. The van der Waals surface area contributed by atoms with Crippen molar-refractivity contribution < 1.29 is 26.5 Å². The fraction of sp³-hybridized carbons (Fsp3) is 0.0476. The smallest absolute Gasteiger partial charge is 0.341 e. The van der Waals surface area contributed by atoms with Crippen LogP contribution in [0.15, 0.2) is 255 Å². The molecule has 75 heavy (non-hydrogen) atoms. The highest BCUT2D eigenvalue weighted by Gasteiger charge is 2.41. The number of hydrogen-bond acceptors (Lipinski definition) is 12. The molecule has 0 radical (unpaired) electrons. The van der Waals surface area contributed by atoms with Gasteiger partial charge in [-0.1, -0.05) is 164 Å². The Labute approximate surface area is 423 Å². The standard InChI is InChI=1S/C63H36O12/c64-58-52(37-19-7-1-13-25-43(37)70-58)49(53-38-20-8-2-14-26-44(38)71-59(53)65)34-31-35(50(54-39-21-9-3-15-27-45(39)72-60(54)66)55-40-22-10-4-16-28-46(40)73-61(55)67)33-36(32-34)51(56-41-23-11-5-17-29-47(41)74-62(56)68)57-42-24-12-6-18-30-48(42)75-63(57)69/h1-33,49-51H. The molecule has 0 amide bonds. The number of benzene rings is 1. The van der Waals surface area contributed by atoms with E-state index in [1.165, 1.54) is 0 Å². The maximum absolute atomic E-state index is 14.8. The van der Waals surface area contributed by atoms with E-state index >= 15 is 0 Å². The van der Waals surface area contributed by atoms with E-state index in [4.69, 9.17) is 26.5 Å². The van der Waals surface area contributed by atoms with Crippen LogP contribution in [-0.2, 0) is 0 Å². The second kappa shape index (κ2) is 17.8. The predicted molar refractivity (Wildman–Crippen MR) is 279 cm³/mol. The molecular weight excluding hydrogens is 949 g/mol. The second-order valence-electron chi connectivity index (χ2n) is 18.2. The summed E-state index contributed by atoms with van der Waals surface area (Å²) in [4.78, 5) is 88.9. The lowest BCUT2D eigenvalue weighted by molar-refractivity contribution is 0.533. The Hall–Kier alpha value is -10.2. The SMILES string of the molecule is O=c1oc2cccccc-2c1C(c1cc(C(c2c3cccccc-3oc2=O)c2c3cccccc-3oc2=O)cc(C(c2c3cccccc-3oc2=O)c2c3cccccc-3oc2=O)c1)c1c2cccccc-2oc1=O. The molecule has 0 N–H and O–H groups in total. The Balaban J connectivity index is 1.23. The molecule has 0 spiro atoms. The van der Waals surface area contributed by atoms with Crippen LogP contribution in [0.1, 0.15) is 67.8 Å². The molecule has 6 heterocycles. The topological polar surface area (TPSA) is 181 Å². The molecule has 0 saturated heterocycles. The quantitative estimate of drug-likeness (QED) is 0.134. The maximum Gasteiger partial charge on any atom is 0.341 e. The van der Waals surface area contributed by atoms with E-state index in [2.05, 4.69) is 0 Å². The number of hydrogen-bond donors (Lipinski definition) is 0. The first-order valence-corrected chi connectivity index (χ1v) is 24.0. The average molecular weight is 985 g/mol. The molecule has 360 valence electrons. The highest BCUT2D eigenvalue weighted by atomic mass is 16.4. The molecule has 12 aliphatic rings. The molecule has 12 nitrogen and oxygen atoms in total. The molecular formula is C63H36O12. The van der Waals surface area contributed by atoms with E-state index in [-0.39, 0.29) is 84.6 Å². The molecule has 6 aliphatic heterocycles. The predicted octanol–water partition coefficient (Wildman–Crippen LogP) is 11.6. The van der Waals surface area contributed by atoms with Crippen LogP contribution in [0.4, 0.5) is 0 Å². The Morgan fingerprint density at radius 3 is 0.547 bits per heavy atom. The lowest BCUT2D eigenvalue weighted by Crippen LogP contribution is -2.22. The Morgan fingerprint density at radius 1 is 0.213 bits per heavy atom. The van der Waals surface area contributed by atoms with E-state index in [0.717, 1.165) is 0 Å². The van der Waals surface area contributed by atoms with Gasteiger partial charge in [-0.25, -0.2) is 28.8 Å². The summed E-state index contributed by atoms with van der Waals surface area (Å²) < 4.78 is 36.1. The summed E-state index contributed by atoms with van der Waals surface area (Å²) in [6.45, 7) is 0. The van der Waals surface area contributed by atoms with Gasteiger partial charge in [-0.05, 0) is 53.1 Å². The van der Waals surface area contributed by atoms with Gasteiger partial charge in [0.1, 0.15) is 34.6 Å². The van der Waals surface area contributed by atoms with E-state index < -0.39 is 51.5 Å². The zero-order chi connectivity index (χ0) is 50.9. The molecule has 0 bridgehead atoms. The monoisotopic (exact) mass is 984 g/mol. The first-order chi connectivity index (χ1) is 36.7. The summed E-state index contributed by atoms with van der Waals surface area (Å²) in [5, 5.41) is 0. The van der Waals surface area contributed by atoms with Gasteiger partial charge in [-0.3, -0.25) is 0 Å². The minimum Gasteiger partial charge on any atom is -0.422 e. The zero-order valence-corrected chi connectivity index (χ0v) is 39.2. The van der Waals surface area contributed by atoms with Gasteiger partial charge in [0.25, 0.3) is 0 Å². The van der Waals surface area contributed by atoms with Crippen LogP contribution in [0.3, 0.4) is 0 Å². The van der Waals surface area contributed by atoms with Crippen molar-refractivity contribution in [3.8, 4) is 67.9 Å². The minimum atomic E-state index is -1.33. The van der Waals surface area contributed by atoms with Crippen LogP contribution in [0.5, 0.6) is 0 Å². The fourth-order valence-corrected chi connectivity index (χ4v) is 10.9. The molecule has 1 aromatic carbocycles. The normalized spacial score (nSPS) is 11.9. The lowest BCUT2D eigenvalue weighted by Gasteiger charge is -2.24. The number of rotatable bonds is 9. The van der Waals surface area contributed by atoms with Gasteiger partial charge >= 0.3 is 33.8 Å². The van der Waals surface area contributed by atoms with Crippen molar-refractivity contribution >= 4 is 0 Å². The molecule has 13 rings (SSSR count). The van der Waals surface area contributed by atoms with Crippen molar-refractivity contribution in [2.45, 2.75) is 17.8 Å². The van der Waals surface area contributed by atoms with E-state index in [9.17, 15) is 28.8 Å². The van der Waals surface area contributed by atoms with Crippen LogP contribution in [-0.4, -0.2) is 0 Å². The molecule has 0 atom stereocenters. The summed E-state index contributed by atoms with van der Waals surface area (Å²) in [5.41, 5.74) is -1.15. The van der Waals surface area contributed by atoms with Gasteiger partial charge < -0.3 is 26.5 Å².